The number of rotatable bonds is 9. The molecule has 13 heteroatoms. The van der Waals surface area contributed by atoms with Crippen molar-refractivity contribution in [1.29, 1.82) is 4.78 Å². The molecule has 2 rings (SSSR count). The maximum absolute atomic E-state index is 13.4. The van der Waals surface area contributed by atoms with E-state index in [2.05, 4.69) is 15.2 Å². The molecule has 0 aliphatic rings. The predicted octanol–water partition coefficient (Wildman–Crippen LogP) is 1.68. The van der Waals surface area contributed by atoms with Crippen LogP contribution in [-0.2, 0) is 14.5 Å². The number of nitrogens with zero attached hydrogens (tertiary/aromatic N) is 4. The Morgan fingerprint density at radius 2 is 1.96 bits per heavy atom. The molecule has 0 aromatic carbocycles. The van der Waals surface area contributed by atoms with Gasteiger partial charge in [0.15, 0.2) is 6.04 Å². The molecule has 0 amide bonds. The average molecular weight is 420 g/mol. The third kappa shape index (κ3) is 5.99. The smallest absolute Gasteiger partial charge is 0.412 e. The molecule has 0 aliphatic carbocycles. The second kappa shape index (κ2) is 8.65. The van der Waals surface area contributed by atoms with Gasteiger partial charge in [-0.3, -0.25) is 14.6 Å². The van der Waals surface area contributed by atoms with Gasteiger partial charge in [0, 0.05) is 27.4 Å². The minimum atomic E-state index is -4.73. The Labute approximate surface area is 158 Å². The molecular formula is C15H19F3N6O3S. The standard InChI is InChI=1S/C15H19F3N6O3S/c16-15(17,18)13(5-8-28(20,27)7-4-10(19)14(25)26)24-22-9-12(23-24)11-3-1-2-6-21-11/h1-3,6,9-10,13,20H,4-5,7-8,19H2,(H,25,26)/t10-,13?,28?/m0/s1. The summed E-state index contributed by atoms with van der Waals surface area (Å²) in [6, 6.07) is 1.37. The number of carbonyl (C=O) groups is 1. The van der Waals surface area contributed by atoms with Crippen molar-refractivity contribution in [2.75, 3.05) is 11.5 Å². The number of nitrogens with one attached hydrogen (secondary N) is 1. The average Bonchev–Trinajstić information content (AvgIpc) is 3.09. The van der Waals surface area contributed by atoms with Crippen LogP contribution in [-0.4, -0.2) is 59.0 Å². The van der Waals surface area contributed by atoms with Crippen molar-refractivity contribution in [1.82, 2.24) is 20.0 Å². The first kappa shape index (κ1) is 21.8. The fourth-order valence-corrected chi connectivity index (χ4v) is 3.76. The van der Waals surface area contributed by atoms with Crippen molar-refractivity contribution in [2.24, 2.45) is 5.73 Å². The molecule has 9 nitrogen and oxygen atoms in total. The quantitative estimate of drug-likeness (QED) is 0.559. The summed E-state index contributed by atoms with van der Waals surface area (Å²) in [6.07, 6.45) is -3.08. The summed E-state index contributed by atoms with van der Waals surface area (Å²) in [5.74, 6) is -2.33. The molecule has 3 atom stereocenters. The van der Waals surface area contributed by atoms with Crippen molar-refractivity contribution in [3.63, 3.8) is 0 Å². The zero-order chi connectivity index (χ0) is 20.9. The van der Waals surface area contributed by atoms with E-state index in [0.717, 1.165) is 6.20 Å². The van der Waals surface area contributed by atoms with Crippen LogP contribution in [0.1, 0.15) is 18.9 Å². The minimum absolute atomic E-state index is 0.147. The van der Waals surface area contributed by atoms with Crippen LogP contribution in [0.3, 0.4) is 0 Å². The number of alkyl halides is 3. The summed E-state index contributed by atoms with van der Waals surface area (Å²) in [6.45, 7) is 0. The van der Waals surface area contributed by atoms with Gasteiger partial charge in [0.05, 0.1) is 11.9 Å². The highest BCUT2D eigenvalue weighted by Gasteiger charge is 2.43. The fraction of sp³-hybridized carbons (Fsp3) is 0.467. The number of carboxylic acid groups (broad SMARTS) is 1. The minimum Gasteiger partial charge on any atom is -0.480 e. The summed E-state index contributed by atoms with van der Waals surface area (Å²) in [5.41, 5.74) is 5.78. The van der Waals surface area contributed by atoms with E-state index in [4.69, 9.17) is 15.6 Å². The molecule has 0 radical (unpaired) electrons. The molecule has 2 aromatic rings. The second-order valence-electron chi connectivity index (χ2n) is 6.06. The van der Waals surface area contributed by atoms with Gasteiger partial charge < -0.3 is 10.8 Å². The number of aromatic nitrogens is 4. The number of halogens is 3. The fourth-order valence-electron chi connectivity index (χ4n) is 2.31. The lowest BCUT2D eigenvalue weighted by molar-refractivity contribution is -0.173. The van der Waals surface area contributed by atoms with Gasteiger partial charge in [-0.2, -0.15) is 28.2 Å². The highest BCUT2D eigenvalue weighted by Crippen LogP contribution is 2.33. The molecule has 2 unspecified atom stereocenters. The summed E-state index contributed by atoms with van der Waals surface area (Å²) >= 11 is 0. The zero-order valence-electron chi connectivity index (χ0n) is 14.5. The van der Waals surface area contributed by atoms with E-state index in [-0.39, 0.29) is 12.1 Å². The lowest BCUT2D eigenvalue weighted by Gasteiger charge is -2.20. The first-order valence-electron chi connectivity index (χ1n) is 8.12. The van der Waals surface area contributed by atoms with Crippen molar-refractivity contribution >= 4 is 15.7 Å². The first-order valence-corrected chi connectivity index (χ1v) is 10.0. The third-order valence-corrected chi connectivity index (χ3v) is 5.68. The van der Waals surface area contributed by atoms with E-state index in [1.54, 1.807) is 18.2 Å². The Morgan fingerprint density at radius 1 is 1.29 bits per heavy atom. The van der Waals surface area contributed by atoms with E-state index in [9.17, 15) is 22.2 Å². The SMILES string of the molecule is N=S(=O)(CCC(n1ncc(-c2ccccn2)n1)C(F)(F)F)CC[C@H](N)C(=O)O. The van der Waals surface area contributed by atoms with Gasteiger partial charge in [0.1, 0.15) is 11.7 Å². The molecule has 0 spiro atoms. The summed E-state index contributed by atoms with van der Waals surface area (Å²) < 4.78 is 60.2. The Balaban J connectivity index is 2.11. The van der Waals surface area contributed by atoms with E-state index in [1.807, 2.05) is 0 Å². The van der Waals surface area contributed by atoms with Gasteiger partial charge in [-0.1, -0.05) is 6.07 Å². The number of hydrogen-bond donors (Lipinski definition) is 3. The zero-order valence-corrected chi connectivity index (χ0v) is 15.4. The van der Waals surface area contributed by atoms with Gasteiger partial charge in [-0.25, -0.2) is 4.21 Å². The highest BCUT2D eigenvalue weighted by atomic mass is 32.2. The van der Waals surface area contributed by atoms with Crippen LogP contribution in [0, 0.1) is 4.78 Å². The van der Waals surface area contributed by atoms with Gasteiger partial charge in [0.25, 0.3) is 0 Å². The molecule has 154 valence electrons. The Kier molecular flexibility index (Phi) is 6.72. The summed E-state index contributed by atoms with van der Waals surface area (Å²) in [5, 5.41) is 16.2. The Hall–Kier alpha value is -2.54. The van der Waals surface area contributed by atoms with Gasteiger partial charge in [0.2, 0.25) is 0 Å². The van der Waals surface area contributed by atoms with E-state index >= 15 is 0 Å². The van der Waals surface area contributed by atoms with E-state index in [1.165, 1.54) is 6.20 Å². The van der Waals surface area contributed by atoms with Crippen LogP contribution >= 0.6 is 0 Å². The number of nitrogens with two attached hydrogens (primary N) is 1. The van der Waals surface area contributed by atoms with Crippen molar-refractivity contribution in [2.45, 2.75) is 31.1 Å². The van der Waals surface area contributed by atoms with Gasteiger partial charge >= 0.3 is 12.1 Å². The number of pyridine rings is 1. The monoisotopic (exact) mass is 420 g/mol. The predicted molar refractivity (Wildman–Crippen MR) is 93.8 cm³/mol. The molecule has 4 N–H and O–H groups in total. The van der Waals surface area contributed by atoms with Crippen LogP contribution in [0.25, 0.3) is 11.4 Å². The van der Waals surface area contributed by atoms with Crippen LogP contribution in [0.2, 0.25) is 0 Å². The maximum Gasteiger partial charge on any atom is 0.412 e. The van der Waals surface area contributed by atoms with Crippen LogP contribution in [0.5, 0.6) is 0 Å². The molecule has 2 heterocycles. The summed E-state index contributed by atoms with van der Waals surface area (Å²) in [7, 11) is -3.44. The molecule has 28 heavy (non-hydrogen) atoms. The van der Waals surface area contributed by atoms with Crippen molar-refractivity contribution in [3.8, 4) is 11.4 Å². The third-order valence-electron chi connectivity index (χ3n) is 3.89. The number of carboxylic acids is 1. The lowest BCUT2D eigenvalue weighted by atomic mass is 10.2. The molecule has 0 fully saturated rings. The number of aliphatic carboxylic acids is 1. The Morgan fingerprint density at radius 3 is 2.54 bits per heavy atom. The topological polar surface area (TPSA) is 148 Å². The number of hydrogen-bond acceptors (Lipinski definition) is 7. The van der Waals surface area contributed by atoms with Gasteiger partial charge in [-0.05, 0) is 25.0 Å². The van der Waals surface area contributed by atoms with Crippen molar-refractivity contribution < 1.29 is 27.3 Å². The normalized spacial score (nSPS) is 16.3. The first-order chi connectivity index (χ1) is 13.0. The molecule has 0 aliphatic heterocycles. The highest BCUT2D eigenvalue weighted by molar-refractivity contribution is 7.92. The molecular weight excluding hydrogens is 401 g/mol. The van der Waals surface area contributed by atoms with Gasteiger partial charge in [-0.15, -0.1) is 0 Å². The van der Waals surface area contributed by atoms with E-state index in [0.29, 0.717) is 10.5 Å². The lowest BCUT2D eigenvalue weighted by Crippen LogP contribution is -2.33. The van der Waals surface area contributed by atoms with E-state index < -0.39 is 51.9 Å². The Bertz CT molecular complexity index is 901. The van der Waals surface area contributed by atoms with Crippen LogP contribution < -0.4 is 5.73 Å². The molecule has 0 saturated heterocycles. The van der Waals surface area contributed by atoms with Crippen LogP contribution in [0.15, 0.2) is 30.6 Å². The summed E-state index contributed by atoms with van der Waals surface area (Å²) in [4.78, 5) is 15.1. The van der Waals surface area contributed by atoms with Crippen molar-refractivity contribution in [3.05, 3.63) is 30.6 Å². The van der Waals surface area contributed by atoms with Crippen LogP contribution in [0.4, 0.5) is 13.2 Å². The molecule has 2 aromatic heterocycles. The second-order valence-corrected chi connectivity index (χ2v) is 8.50. The molecule has 0 bridgehead atoms. The maximum atomic E-state index is 13.4. The molecule has 0 saturated carbocycles. The largest absolute Gasteiger partial charge is 0.480 e.